The summed E-state index contributed by atoms with van der Waals surface area (Å²) < 4.78 is 5.27. The molecule has 1 amide bonds. The van der Waals surface area contributed by atoms with Gasteiger partial charge in [-0.3, -0.25) is 4.79 Å². The van der Waals surface area contributed by atoms with E-state index in [1.165, 1.54) is 12.5 Å². The van der Waals surface area contributed by atoms with E-state index < -0.39 is 0 Å². The second kappa shape index (κ2) is 5.39. The van der Waals surface area contributed by atoms with E-state index in [1.807, 2.05) is 12.1 Å². The molecule has 82 valence electrons. The molecule has 0 aromatic heterocycles. The number of methoxy groups -OCH3 is 1. The molecule has 0 bridgehead atoms. The molecular formula is C12H17NO2. The van der Waals surface area contributed by atoms with E-state index in [4.69, 9.17) is 4.74 Å². The highest BCUT2D eigenvalue weighted by Gasteiger charge is 2.04. The number of hydrogen-bond acceptors (Lipinski definition) is 2. The predicted octanol–water partition coefficient (Wildman–Crippen LogP) is 1.89. The number of benzene rings is 1. The molecule has 0 fully saturated rings. The first-order chi connectivity index (χ1) is 7.17. The van der Waals surface area contributed by atoms with E-state index in [0.717, 1.165) is 17.7 Å². The quantitative estimate of drug-likeness (QED) is 0.818. The maximum absolute atomic E-state index is 10.8. The Balaban J connectivity index is 2.82. The van der Waals surface area contributed by atoms with Crippen molar-refractivity contribution < 1.29 is 9.53 Å². The van der Waals surface area contributed by atoms with Gasteiger partial charge < -0.3 is 10.1 Å². The van der Waals surface area contributed by atoms with Crippen LogP contribution in [0.1, 0.15) is 25.0 Å². The first-order valence-corrected chi connectivity index (χ1v) is 5.07. The van der Waals surface area contributed by atoms with Gasteiger partial charge in [0.15, 0.2) is 0 Å². The summed E-state index contributed by atoms with van der Waals surface area (Å²) in [7, 11) is 1.64. The fraction of sp³-hybridized carbons (Fsp3) is 0.417. The van der Waals surface area contributed by atoms with Crippen molar-refractivity contribution in [3.63, 3.8) is 0 Å². The van der Waals surface area contributed by atoms with Crippen molar-refractivity contribution in [3.8, 4) is 5.75 Å². The molecule has 0 atom stereocenters. The molecule has 0 aliphatic rings. The van der Waals surface area contributed by atoms with Crippen LogP contribution in [0.2, 0.25) is 0 Å². The van der Waals surface area contributed by atoms with Gasteiger partial charge in [-0.2, -0.15) is 0 Å². The Hall–Kier alpha value is -1.51. The second-order valence-electron chi connectivity index (χ2n) is 3.41. The highest BCUT2D eigenvalue weighted by molar-refractivity contribution is 5.72. The minimum atomic E-state index is -0.0309. The van der Waals surface area contributed by atoms with Gasteiger partial charge in [-0.25, -0.2) is 0 Å². The zero-order chi connectivity index (χ0) is 11.3. The van der Waals surface area contributed by atoms with Crippen molar-refractivity contribution in [3.05, 3.63) is 29.3 Å². The summed E-state index contributed by atoms with van der Waals surface area (Å²) in [4.78, 5) is 10.8. The molecule has 3 nitrogen and oxygen atoms in total. The monoisotopic (exact) mass is 207 g/mol. The summed E-state index contributed by atoms with van der Waals surface area (Å²) in [5.41, 5.74) is 2.24. The maximum Gasteiger partial charge on any atom is 0.217 e. The van der Waals surface area contributed by atoms with Crippen molar-refractivity contribution in [2.45, 2.75) is 26.8 Å². The molecule has 3 heteroatoms. The van der Waals surface area contributed by atoms with Crippen LogP contribution in [0.15, 0.2) is 18.2 Å². The van der Waals surface area contributed by atoms with Gasteiger partial charge in [0.25, 0.3) is 0 Å². The standard InChI is InChI=1S/C12H17NO2/c1-4-10-5-6-11(8-13-9(2)14)12(7-10)15-3/h5-7H,4,8H2,1-3H3,(H,13,14). The number of hydrogen-bond donors (Lipinski definition) is 1. The van der Waals surface area contributed by atoms with Gasteiger partial charge in [0.1, 0.15) is 5.75 Å². The van der Waals surface area contributed by atoms with Crippen molar-refractivity contribution in [2.24, 2.45) is 0 Å². The lowest BCUT2D eigenvalue weighted by atomic mass is 10.1. The maximum atomic E-state index is 10.8. The molecule has 0 radical (unpaired) electrons. The van der Waals surface area contributed by atoms with E-state index in [2.05, 4.69) is 18.3 Å². The molecule has 0 heterocycles. The van der Waals surface area contributed by atoms with Crippen molar-refractivity contribution in [1.82, 2.24) is 5.32 Å². The van der Waals surface area contributed by atoms with Crippen LogP contribution in [0.4, 0.5) is 0 Å². The molecule has 0 saturated carbocycles. The number of carbonyl (C=O) groups excluding carboxylic acids is 1. The molecule has 0 aliphatic carbocycles. The molecule has 1 rings (SSSR count). The lowest BCUT2D eigenvalue weighted by Crippen LogP contribution is -2.19. The largest absolute Gasteiger partial charge is 0.496 e. The summed E-state index contributed by atoms with van der Waals surface area (Å²) in [6.07, 6.45) is 0.983. The minimum absolute atomic E-state index is 0.0309. The lowest BCUT2D eigenvalue weighted by Gasteiger charge is -2.10. The highest BCUT2D eigenvalue weighted by Crippen LogP contribution is 2.20. The van der Waals surface area contributed by atoms with Gasteiger partial charge in [0.05, 0.1) is 7.11 Å². The zero-order valence-corrected chi connectivity index (χ0v) is 9.46. The lowest BCUT2D eigenvalue weighted by molar-refractivity contribution is -0.119. The van der Waals surface area contributed by atoms with Gasteiger partial charge >= 0.3 is 0 Å². The van der Waals surface area contributed by atoms with E-state index in [9.17, 15) is 4.79 Å². The molecule has 0 spiro atoms. The molecule has 1 N–H and O–H groups in total. The summed E-state index contributed by atoms with van der Waals surface area (Å²) in [5.74, 6) is 0.805. The SMILES string of the molecule is CCc1ccc(CNC(C)=O)c(OC)c1. The first-order valence-electron chi connectivity index (χ1n) is 5.07. The third kappa shape index (κ3) is 3.27. The van der Waals surface area contributed by atoms with E-state index >= 15 is 0 Å². The Morgan fingerprint density at radius 3 is 2.73 bits per heavy atom. The van der Waals surface area contributed by atoms with Gasteiger partial charge in [0.2, 0.25) is 5.91 Å². The van der Waals surface area contributed by atoms with Gasteiger partial charge in [-0.15, -0.1) is 0 Å². The van der Waals surface area contributed by atoms with Crippen LogP contribution in [-0.4, -0.2) is 13.0 Å². The molecule has 0 aliphatic heterocycles. The Kier molecular flexibility index (Phi) is 4.16. The number of rotatable bonds is 4. The van der Waals surface area contributed by atoms with Crippen LogP contribution in [0.3, 0.4) is 0 Å². The van der Waals surface area contributed by atoms with Crippen LogP contribution >= 0.6 is 0 Å². The Labute approximate surface area is 90.4 Å². The molecular weight excluding hydrogens is 190 g/mol. The van der Waals surface area contributed by atoms with Crippen LogP contribution < -0.4 is 10.1 Å². The highest BCUT2D eigenvalue weighted by atomic mass is 16.5. The third-order valence-corrected chi connectivity index (χ3v) is 2.29. The molecule has 0 unspecified atom stereocenters. The van der Waals surface area contributed by atoms with Crippen LogP contribution in [0.25, 0.3) is 0 Å². The fourth-order valence-electron chi connectivity index (χ4n) is 1.37. The summed E-state index contributed by atoms with van der Waals surface area (Å²) >= 11 is 0. The summed E-state index contributed by atoms with van der Waals surface area (Å²) in [6, 6.07) is 6.06. The van der Waals surface area contributed by atoms with Gasteiger partial charge in [-0.1, -0.05) is 19.1 Å². The fourth-order valence-corrected chi connectivity index (χ4v) is 1.37. The number of ether oxygens (including phenoxy) is 1. The first kappa shape index (κ1) is 11.6. The van der Waals surface area contributed by atoms with Gasteiger partial charge in [0, 0.05) is 19.0 Å². The van der Waals surface area contributed by atoms with E-state index in [0.29, 0.717) is 6.54 Å². The summed E-state index contributed by atoms with van der Waals surface area (Å²) in [5, 5.41) is 2.76. The average molecular weight is 207 g/mol. The van der Waals surface area contributed by atoms with E-state index in [1.54, 1.807) is 7.11 Å². The topological polar surface area (TPSA) is 38.3 Å². The van der Waals surface area contributed by atoms with Crippen LogP contribution in [-0.2, 0) is 17.8 Å². The minimum Gasteiger partial charge on any atom is -0.496 e. The normalized spacial score (nSPS) is 9.80. The summed E-state index contributed by atoms with van der Waals surface area (Å²) in [6.45, 7) is 4.12. The van der Waals surface area contributed by atoms with Crippen LogP contribution in [0, 0.1) is 0 Å². The molecule has 0 saturated heterocycles. The Morgan fingerprint density at radius 1 is 1.47 bits per heavy atom. The van der Waals surface area contributed by atoms with Crippen LogP contribution in [0.5, 0.6) is 5.75 Å². The van der Waals surface area contributed by atoms with Crippen molar-refractivity contribution in [2.75, 3.05) is 7.11 Å². The van der Waals surface area contributed by atoms with Gasteiger partial charge in [-0.05, 0) is 18.1 Å². The average Bonchev–Trinajstić information content (AvgIpc) is 2.25. The van der Waals surface area contributed by atoms with Crippen molar-refractivity contribution in [1.29, 1.82) is 0 Å². The molecule has 15 heavy (non-hydrogen) atoms. The zero-order valence-electron chi connectivity index (χ0n) is 9.46. The molecule has 1 aromatic rings. The second-order valence-corrected chi connectivity index (χ2v) is 3.41. The Bertz CT molecular complexity index is 347. The number of carbonyl (C=O) groups is 1. The predicted molar refractivity (Wildman–Crippen MR) is 59.9 cm³/mol. The Morgan fingerprint density at radius 2 is 2.20 bits per heavy atom. The number of amides is 1. The number of aryl methyl sites for hydroxylation is 1. The van der Waals surface area contributed by atoms with Crippen molar-refractivity contribution >= 4 is 5.91 Å². The smallest absolute Gasteiger partial charge is 0.217 e. The number of nitrogens with one attached hydrogen (secondary N) is 1. The van der Waals surface area contributed by atoms with E-state index in [-0.39, 0.29) is 5.91 Å². The molecule has 1 aromatic carbocycles. The third-order valence-electron chi connectivity index (χ3n) is 2.29.